The molecule has 1 heterocycles. The molecule has 1 aliphatic heterocycles. The Labute approximate surface area is 147 Å². The molecule has 25 heavy (non-hydrogen) atoms. The second kappa shape index (κ2) is 7.94. The molecule has 1 atom stereocenters. The Morgan fingerprint density at radius 3 is 2.12 bits per heavy atom. The fraction of sp³-hybridized carbons (Fsp3) is 0.300. The summed E-state index contributed by atoms with van der Waals surface area (Å²) in [6.07, 6.45) is 1.48. The second-order valence-electron chi connectivity index (χ2n) is 6.33. The first-order valence-corrected chi connectivity index (χ1v) is 8.60. The molecule has 1 fully saturated rings. The smallest absolute Gasteiger partial charge is 0.253 e. The van der Waals surface area contributed by atoms with Gasteiger partial charge in [-0.2, -0.15) is 0 Å². The summed E-state index contributed by atoms with van der Waals surface area (Å²) in [5.74, 6) is -0.120. The summed E-state index contributed by atoms with van der Waals surface area (Å²) in [6.45, 7) is 1.28. The molecule has 1 saturated heterocycles. The largest absolute Gasteiger partial charge is 0.352 e. The van der Waals surface area contributed by atoms with Gasteiger partial charge in [-0.3, -0.25) is 9.59 Å². The third kappa shape index (κ3) is 4.25. The summed E-state index contributed by atoms with van der Waals surface area (Å²) in [6, 6.07) is 18.0. The molecule has 5 heteroatoms. The van der Waals surface area contributed by atoms with Crippen molar-refractivity contribution in [1.29, 1.82) is 0 Å². The van der Waals surface area contributed by atoms with Crippen LogP contribution >= 0.6 is 0 Å². The van der Waals surface area contributed by atoms with Crippen LogP contribution in [0.4, 0.5) is 0 Å². The number of likely N-dealkylation sites (tertiary alicyclic amines) is 1. The molecular formula is C20H23N3O2. The van der Waals surface area contributed by atoms with Crippen molar-refractivity contribution >= 4 is 11.8 Å². The van der Waals surface area contributed by atoms with Crippen LogP contribution in [0.15, 0.2) is 60.7 Å². The minimum atomic E-state index is -0.662. The van der Waals surface area contributed by atoms with E-state index in [1.165, 1.54) is 0 Å². The van der Waals surface area contributed by atoms with E-state index in [1.807, 2.05) is 65.6 Å². The predicted octanol–water partition coefficient (Wildman–Crippen LogP) is 2.11. The van der Waals surface area contributed by atoms with Crippen LogP contribution in [0.3, 0.4) is 0 Å². The molecule has 1 aliphatic rings. The number of nitrogens with zero attached hydrogens (tertiary/aromatic N) is 1. The Bertz CT molecular complexity index is 710. The van der Waals surface area contributed by atoms with Gasteiger partial charge in [-0.1, -0.05) is 48.5 Å². The molecule has 0 saturated carbocycles. The number of carbonyl (C=O) groups is 2. The molecular weight excluding hydrogens is 314 g/mol. The molecule has 0 aromatic heterocycles. The normalized spacial score (nSPS) is 16.3. The third-order valence-electron chi connectivity index (χ3n) is 4.59. The zero-order chi connectivity index (χ0) is 17.6. The van der Waals surface area contributed by atoms with E-state index < -0.39 is 6.04 Å². The maximum absolute atomic E-state index is 12.4. The zero-order valence-corrected chi connectivity index (χ0v) is 14.1. The van der Waals surface area contributed by atoms with Gasteiger partial charge in [0.05, 0.1) is 0 Å². The first-order chi connectivity index (χ1) is 12.1. The average Bonchev–Trinajstić information content (AvgIpc) is 2.68. The van der Waals surface area contributed by atoms with Crippen molar-refractivity contribution in [2.75, 3.05) is 13.1 Å². The van der Waals surface area contributed by atoms with Crippen LogP contribution in [0, 0.1) is 0 Å². The van der Waals surface area contributed by atoms with Gasteiger partial charge < -0.3 is 16.0 Å². The number of nitrogens with two attached hydrogens (primary N) is 1. The van der Waals surface area contributed by atoms with E-state index in [0.29, 0.717) is 18.7 Å². The van der Waals surface area contributed by atoms with E-state index in [1.54, 1.807) is 0 Å². The lowest BCUT2D eigenvalue weighted by atomic mass is 10.0. The molecule has 0 bridgehead atoms. The topological polar surface area (TPSA) is 75.4 Å². The van der Waals surface area contributed by atoms with Gasteiger partial charge in [0, 0.05) is 24.7 Å². The average molecular weight is 337 g/mol. The lowest BCUT2D eigenvalue weighted by Gasteiger charge is -2.33. The van der Waals surface area contributed by atoms with Crippen molar-refractivity contribution in [3.05, 3.63) is 71.8 Å². The highest BCUT2D eigenvalue weighted by atomic mass is 16.2. The highest BCUT2D eigenvalue weighted by Gasteiger charge is 2.26. The maximum Gasteiger partial charge on any atom is 0.253 e. The monoisotopic (exact) mass is 337 g/mol. The lowest BCUT2D eigenvalue weighted by Crippen LogP contribution is -2.48. The highest BCUT2D eigenvalue weighted by molar-refractivity contribution is 5.94. The molecule has 2 amide bonds. The van der Waals surface area contributed by atoms with E-state index in [4.69, 9.17) is 5.73 Å². The molecule has 0 spiro atoms. The van der Waals surface area contributed by atoms with Gasteiger partial charge in [0.15, 0.2) is 0 Å². The van der Waals surface area contributed by atoms with Gasteiger partial charge in [0.1, 0.15) is 6.04 Å². The number of piperidine rings is 1. The van der Waals surface area contributed by atoms with Crippen LogP contribution in [0.2, 0.25) is 0 Å². The predicted molar refractivity (Wildman–Crippen MR) is 96.9 cm³/mol. The summed E-state index contributed by atoms with van der Waals surface area (Å²) < 4.78 is 0. The van der Waals surface area contributed by atoms with Crippen LogP contribution in [0.25, 0.3) is 0 Å². The molecule has 2 aromatic carbocycles. The first-order valence-electron chi connectivity index (χ1n) is 8.60. The summed E-state index contributed by atoms with van der Waals surface area (Å²) in [7, 11) is 0. The molecule has 2 aromatic rings. The highest BCUT2D eigenvalue weighted by Crippen LogP contribution is 2.16. The fourth-order valence-electron chi connectivity index (χ4n) is 3.09. The quantitative estimate of drug-likeness (QED) is 0.897. The van der Waals surface area contributed by atoms with Gasteiger partial charge in [-0.25, -0.2) is 0 Å². The fourth-order valence-corrected chi connectivity index (χ4v) is 3.09. The van der Waals surface area contributed by atoms with Crippen LogP contribution < -0.4 is 11.1 Å². The van der Waals surface area contributed by atoms with Crippen molar-refractivity contribution in [2.45, 2.75) is 24.9 Å². The number of benzene rings is 2. The minimum absolute atomic E-state index is 0.0476. The number of nitrogens with one attached hydrogen (secondary N) is 1. The van der Waals surface area contributed by atoms with Gasteiger partial charge in [-0.05, 0) is 30.5 Å². The minimum Gasteiger partial charge on any atom is -0.352 e. The Hall–Kier alpha value is -2.66. The third-order valence-corrected chi connectivity index (χ3v) is 4.59. The van der Waals surface area contributed by atoms with Crippen molar-refractivity contribution < 1.29 is 9.59 Å². The van der Waals surface area contributed by atoms with E-state index in [-0.39, 0.29) is 17.9 Å². The standard InChI is InChI=1S/C20H23N3O2/c21-18(15-7-3-1-4-8-15)19(24)22-17-11-13-23(14-12-17)20(25)16-9-5-2-6-10-16/h1-10,17-18H,11-14,21H2,(H,22,24). The Morgan fingerprint density at radius 2 is 1.52 bits per heavy atom. The zero-order valence-electron chi connectivity index (χ0n) is 14.1. The van der Waals surface area contributed by atoms with E-state index >= 15 is 0 Å². The van der Waals surface area contributed by atoms with Crippen molar-refractivity contribution in [3.63, 3.8) is 0 Å². The van der Waals surface area contributed by atoms with E-state index in [2.05, 4.69) is 5.32 Å². The SMILES string of the molecule is NC(C(=O)NC1CCN(C(=O)c2ccccc2)CC1)c1ccccc1. The van der Waals surface area contributed by atoms with Crippen molar-refractivity contribution in [1.82, 2.24) is 10.2 Å². The number of hydrogen-bond acceptors (Lipinski definition) is 3. The van der Waals surface area contributed by atoms with Crippen LogP contribution in [-0.2, 0) is 4.79 Å². The molecule has 0 radical (unpaired) electrons. The number of rotatable bonds is 4. The molecule has 1 unspecified atom stereocenters. The van der Waals surface area contributed by atoms with Gasteiger partial charge in [-0.15, -0.1) is 0 Å². The van der Waals surface area contributed by atoms with Crippen LogP contribution in [-0.4, -0.2) is 35.8 Å². The number of carbonyl (C=O) groups excluding carboxylic acids is 2. The van der Waals surface area contributed by atoms with Crippen molar-refractivity contribution in [3.8, 4) is 0 Å². The maximum atomic E-state index is 12.4. The summed E-state index contributed by atoms with van der Waals surface area (Å²) >= 11 is 0. The number of hydrogen-bond donors (Lipinski definition) is 2. The van der Waals surface area contributed by atoms with Gasteiger partial charge >= 0.3 is 0 Å². The molecule has 5 nitrogen and oxygen atoms in total. The molecule has 3 N–H and O–H groups in total. The van der Waals surface area contributed by atoms with Crippen molar-refractivity contribution in [2.24, 2.45) is 5.73 Å². The Balaban J connectivity index is 1.51. The van der Waals surface area contributed by atoms with Gasteiger partial charge in [0.2, 0.25) is 5.91 Å². The molecule has 130 valence electrons. The van der Waals surface area contributed by atoms with E-state index in [9.17, 15) is 9.59 Å². The summed E-state index contributed by atoms with van der Waals surface area (Å²) in [5, 5.41) is 3.01. The first kappa shape index (κ1) is 17.2. The second-order valence-corrected chi connectivity index (χ2v) is 6.33. The van der Waals surface area contributed by atoms with Gasteiger partial charge in [0.25, 0.3) is 5.91 Å². The van der Waals surface area contributed by atoms with Crippen LogP contribution in [0.5, 0.6) is 0 Å². The summed E-state index contributed by atoms with van der Waals surface area (Å²) in [5.41, 5.74) is 7.54. The molecule has 3 rings (SSSR count). The summed E-state index contributed by atoms with van der Waals surface area (Å²) in [4.78, 5) is 26.6. The van der Waals surface area contributed by atoms with E-state index in [0.717, 1.165) is 18.4 Å². The van der Waals surface area contributed by atoms with Crippen LogP contribution in [0.1, 0.15) is 34.8 Å². The Kier molecular flexibility index (Phi) is 5.46. The number of amides is 2. The molecule has 0 aliphatic carbocycles. The Morgan fingerprint density at radius 1 is 0.960 bits per heavy atom. The lowest BCUT2D eigenvalue weighted by molar-refractivity contribution is -0.123.